The van der Waals surface area contributed by atoms with Gasteiger partial charge in [0.05, 0.1) is 0 Å². The minimum Gasteiger partial charge on any atom is -0.374 e. The SMILES string of the molecule is C=Cc1ccc(N(CCC[Si](OCC)(OCC)OCC)CCC[Si](OCC)(OCC)OCC)cc1. The van der Waals surface area contributed by atoms with Crippen LogP contribution in [0.1, 0.15) is 59.9 Å². The van der Waals surface area contributed by atoms with Gasteiger partial charge in [-0.3, -0.25) is 0 Å². The van der Waals surface area contributed by atoms with Gasteiger partial charge in [0.25, 0.3) is 0 Å². The highest BCUT2D eigenvalue weighted by atomic mass is 28.4. The van der Waals surface area contributed by atoms with E-state index in [4.69, 9.17) is 26.6 Å². The van der Waals surface area contributed by atoms with Crippen LogP contribution >= 0.6 is 0 Å². The molecule has 0 spiro atoms. The molecule has 9 heteroatoms. The van der Waals surface area contributed by atoms with E-state index in [1.54, 1.807) is 0 Å². The van der Waals surface area contributed by atoms with Crippen LogP contribution in [0.2, 0.25) is 12.1 Å². The molecule has 0 radical (unpaired) electrons. The van der Waals surface area contributed by atoms with Crippen LogP contribution in [-0.4, -0.2) is 70.3 Å². The summed E-state index contributed by atoms with van der Waals surface area (Å²) in [5, 5.41) is 0. The molecular weight excluding hydrogens is 478 g/mol. The van der Waals surface area contributed by atoms with Gasteiger partial charge in [-0.2, -0.15) is 0 Å². The smallest absolute Gasteiger partial charge is 0.374 e. The van der Waals surface area contributed by atoms with Gasteiger partial charge in [0.1, 0.15) is 0 Å². The van der Waals surface area contributed by atoms with E-state index in [2.05, 4.69) is 35.7 Å². The van der Waals surface area contributed by atoms with Gasteiger partial charge >= 0.3 is 17.6 Å². The Balaban J connectivity index is 2.95. The van der Waals surface area contributed by atoms with Gasteiger partial charge in [-0.05, 0) is 72.1 Å². The lowest BCUT2D eigenvalue weighted by atomic mass is 10.2. The predicted octanol–water partition coefficient (Wildman–Crippen LogP) is 6.01. The van der Waals surface area contributed by atoms with Crippen molar-refractivity contribution >= 4 is 29.4 Å². The van der Waals surface area contributed by atoms with E-state index in [1.165, 1.54) is 5.69 Å². The highest BCUT2D eigenvalue weighted by Gasteiger charge is 2.41. The summed E-state index contributed by atoms with van der Waals surface area (Å²) in [7, 11) is -5.33. The van der Waals surface area contributed by atoms with E-state index in [1.807, 2.05) is 47.6 Å². The van der Waals surface area contributed by atoms with Gasteiger partial charge in [-0.15, -0.1) is 0 Å². The van der Waals surface area contributed by atoms with E-state index in [9.17, 15) is 0 Å². The topological polar surface area (TPSA) is 58.6 Å². The lowest BCUT2D eigenvalue weighted by Gasteiger charge is -2.32. The lowest BCUT2D eigenvalue weighted by Crippen LogP contribution is -2.47. The van der Waals surface area contributed by atoms with E-state index in [-0.39, 0.29) is 0 Å². The molecule has 0 bridgehead atoms. The summed E-state index contributed by atoms with van der Waals surface area (Å²) in [4.78, 5) is 2.42. The standard InChI is InChI=1S/C26H49NO6Si2/c1-8-25-17-19-26(20-18-25)27(21-15-23-34(28-9-2,29-10-3)30-11-4)22-16-24-35(31-12-5,32-13-6)33-14-7/h8,17-20H,1,9-16,21-24H2,2-7H3. The molecule has 35 heavy (non-hydrogen) atoms. The van der Waals surface area contributed by atoms with Crippen LogP contribution in [0.15, 0.2) is 30.8 Å². The normalized spacial score (nSPS) is 12.2. The summed E-state index contributed by atoms with van der Waals surface area (Å²) >= 11 is 0. The van der Waals surface area contributed by atoms with Crippen LogP contribution < -0.4 is 4.90 Å². The maximum absolute atomic E-state index is 6.06. The third-order valence-electron chi connectivity index (χ3n) is 5.50. The monoisotopic (exact) mass is 527 g/mol. The molecule has 1 rings (SSSR count). The number of hydrogen-bond acceptors (Lipinski definition) is 7. The summed E-state index contributed by atoms with van der Waals surface area (Å²) in [6.45, 7) is 21.2. The summed E-state index contributed by atoms with van der Waals surface area (Å²) in [5.74, 6) is 0. The molecule has 0 aliphatic rings. The molecule has 202 valence electrons. The fourth-order valence-electron chi connectivity index (χ4n) is 4.17. The molecule has 0 N–H and O–H groups in total. The second kappa shape index (κ2) is 18.2. The van der Waals surface area contributed by atoms with E-state index in [0.717, 1.165) is 43.6 Å². The number of benzene rings is 1. The van der Waals surface area contributed by atoms with E-state index < -0.39 is 17.6 Å². The summed E-state index contributed by atoms with van der Waals surface area (Å²) < 4.78 is 36.3. The Hall–Kier alpha value is -1.05. The van der Waals surface area contributed by atoms with Crippen LogP contribution in [0.4, 0.5) is 5.69 Å². The van der Waals surface area contributed by atoms with Crippen molar-refractivity contribution in [2.45, 2.75) is 66.5 Å². The molecule has 7 nitrogen and oxygen atoms in total. The van der Waals surface area contributed by atoms with Gasteiger partial charge in [0, 0.05) is 70.5 Å². The zero-order valence-corrected chi connectivity index (χ0v) is 25.0. The highest BCUT2D eigenvalue weighted by molar-refractivity contribution is 6.61. The average molecular weight is 528 g/mol. The van der Waals surface area contributed by atoms with Crippen LogP contribution in [0.3, 0.4) is 0 Å². The maximum Gasteiger partial charge on any atom is 0.500 e. The van der Waals surface area contributed by atoms with Crippen molar-refractivity contribution in [3.63, 3.8) is 0 Å². The van der Waals surface area contributed by atoms with Gasteiger partial charge in [0.2, 0.25) is 0 Å². The molecule has 1 aromatic carbocycles. The van der Waals surface area contributed by atoms with Gasteiger partial charge in [-0.25, -0.2) is 0 Å². The van der Waals surface area contributed by atoms with Crippen molar-refractivity contribution < 1.29 is 26.6 Å². The maximum atomic E-state index is 6.06. The summed E-state index contributed by atoms with van der Waals surface area (Å²) in [6.07, 6.45) is 3.70. The Bertz CT molecular complexity index is 610. The fourth-order valence-corrected chi connectivity index (χ4v) is 9.35. The second-order valence-corrected chi connectivity index (χ2v) is 13.4. The van der Waals surface area contributed by atoms with Crippen LogP contribution in [-0.2, 0) is 26.6 Å². The number of anilines is 1. The Morgan fingerprint density at radius 1 is 0.629 bits per heavy atom. The van der Waals surface area contributed by atoms with Crippen LogP contribution in [0, 0.1) is 0 Å². The van der Waals surface area contributed by atoms with Crippen molar-refractivity contribution in [2.24, 2.45) is 0 Å². The molecule has 0 fully saturated rings. The molecule has 0 unspecified atom stereocenters. The Labute approximate surface area is 216 Å². The Morgan fingerprint density at radius 3 is 1.26 bits per heavy atom. The third kappa shape index (κ3) is 11.3. The Kier molecular flexibility index (Phi) is 16.7. The van der Waals surface area contributed by atoms with Crippen molar-refractivity contribution in [3.8, 4) is 0 Å². The first-order chi connectivity index (χ1) is 17.0. The lowest BCUT2D eigenvalue weighted by molar-refractivity contribution is 0.0705. The minimum atomic E-state index is -2.66. The number of rotatable bonds is 22. The molecule has 0 atom stereocenters. The molecule has 1 aromatic rings. The zero-order valence-electron chi connectivity index (χ0n) is 23.0. The predicted molar refractivity (Wildman–Crippen MR) is 149 cm³/mol. The number of hydrogen-bond donors (Lipinski definition) is 0. The van der Waals surface area contributed by atoms with Gasteiger partial charge < -0.3 is 31.5 Å². The molecular formula is C26H49NO6Si2. The first kappa shape index (κ1) is 32.0. The fraction of sp³-hybridized carbons (Fsp3) is 0.692. The van der Waals surface area contributed by atoms with Crippen molar-refractivity contribution in [1.29, 1.82) is 0 Å². The minimum absolute atomic E-state index is 0.595. The molecule has 0 aromatic heterocycles. The average Bonchev–Trinajstić information content (AvgIpc) is 2.84. The van der Waals surface area contributed by atoms with Gasteiger partial charge in [-0.1, -0.05) is 24.8 Å². The summed E-state index contributed by atoms with van der Waals surface area (Å²) in [6, 6.07) is 10.1. The molecule has 0 saturated carbocycles. The van der Waals surface area contributed by atoms with Crippen molar-refractivity contribution in [2.75, 3.05) is 57.6 Å². The van der Waals surface area contributed by atoms with E-state index in [0.29, 0.717) is 39.6 Å². The first-order valence-corrected chi connectivity index (χ1v) is 17.1. The largest absolute Gasteiger partial charge is 0.500 e. The molecule has 0 aliphatic carbocycles. The second-order valence-electron chi connectivity index (χ2n) is 7.95. The van der Waals surface area contributed by atoms with Crippen molar-refractivity contribution in [3.05, 3.63) is 36.4 Å². The van der Waals surface area contributed by atoms with Crippen LogP contribution in [0.25, 0.3) is 6.08 Å². The molecule has 0 aliphatic heterocycles. The Morgan fingerprint density at radius 2 is 0.971 bits per heavy atom. The van der Waals surface area contributed by atoms with Crippen molar-refractivity contribution in [1.82, 2.24) is 0 Å². The van der Waals surface area contributed by atoms with Gasteiger partial charge in [0.15, 0.2) is 0 Å². The summed E-state index contributed by atoms with van der Waals surface area (Å²) in [5.41, 5.74) is 2.29. The van der Waals surface area contributed by atoms with E-state index >= 15 is 0 Å². The molecule has 0 amide bonds. The third-order valence-corrected chi connectivity index (χ3v) is 11.8. The quantitative estimate of drug-likeness (QED) is 0.171. The number of nitrogens with zero attached hydrogens (tertiary/aromatic N) is 1. The molecule has 0 saturated heterocycles. The molecule has 0 heterocycles. The van der Waals surface area contributed by atoms with Crippen LogP contribution in [0.5, 0.6) is 0 Å². The first-order valence-electron chi connectivity index (χ1n) is 13.3. The zero-order chi connectivity index (χ0) is 26.0. The highest BCUT2D eigenvalue weighted by Crippen LogP contribution is 2.24.